The molecule has 1 aromatic carbocycles. The summed E-state index contributed by atoms with van der Waals surface area (Å²) in [4.78, 5) is 15.9. The van der Waals surface area contributed by atoms with E-state index in [-0.39, 0.29) is 11.4 Å². The van der Waals surface area contributed by atoms with Crippen LogP contribution >= 0.6 is 0 Å². The Kier molecular flexibility index (Phi) is 3.47. The van der Waals surface area contributed by atoms with E-state index in [9.17, 15) is 9.18 Å². The van der Waals surface area contributed by atoms with E-state index in [1.807, 2.05) is 0 Å². The first kappa shape index (κ1) is 13.1. The maximum absolute atomic E-state index is 13.6. The van der Waals surface area contributed by atoms with Gasteiger partial charge in [0, 0.05) is 17.7 Å². The molecule has 0 aliphatic heterocycles. The molecule has 0 spiro atoms. The number of benzene rings is 1. The van der Waals surface area contributed by atoms with Gasteiger partial charge in [-0.05, 0) is 30.3 Å². The molecule has 0 aliphatic rings. The number of carbonyl (C=O) groups excluding carboxylic acids is 1. The molecule has 104 valence electrons. The Bertz CT molecular complexity index is 810. The van der Waals surface area contributed by atoms with Gasteiger partial charge in [0.1, 0.15) is 17.1 Å². The average Bonchev–Trinajstić information content (AvgIpc) is 3.00. The SMILES string of the molecule is O=C(/C=C/c1ccco1)Nc1ccnc2c(F)cccc12. The number of pyridine rings is 1. The Hall–Kier alpha value is -2.95. The van der Waals surface area contributed by atoms with Crippen LogP contribution in [0.4, 0.5) is 10.1 Å². The summed E-state index contributed by atoms with van der Waals surface area (Å²) in [7, 11) is 0. The van der Waals surface area contributed by atoms with Gasteiger partial charge in [-0.3, -0.25) is 9.78 Å². The van der Waals surface area contributed by atoms with E-state index in [1.54, 1.807) is 36.4 Å². The number of hydrogen-bond acceptors (Lipinski definition) is 3. The topological polar surface area (TPSA) is 55.1 Å². The summed E-state index contributed by atoms with van der Waals surface area (Å²) in [6.45, 7) is 0. The zero-order valence-electron chi connectivity index (χ0n) is 10.9. The highest BCUT2D eigenvalue weighted by Gasteiger charge is 2.07. The highest BCUT2D eigenvalue weighted by atomic mass is 19.1. The van der Waals surface area contributed by atoms with Crippen LogP contribution in [0.15, 0.2) is 59.4 Å². The summed E-state index contributed by atoms with van der Waals surface area (Å²) in [6.07, 6.45) is 5.89. The number of fused-ring (bicyclic) bond motifs is 1. The monoisotopic (exact) mass is 282 g/mol. The van der Waals surface area contributed by atoms with Crippen LogP contribution in [-0.2, 0) is 4.79 Å². The Labute approximate surface area is 119 Å². The number of halogens is 1. The molecule has 0 atom stereocenters. The third kappa shape index (κ3) is 2.81. The Morgan fingerprint density at radius 3 is 2.95 bits per heavy atom. The van der Waals surface area contributed by atoms with Crippen molar-refractivity contribution >= 4 is 28.6 Å². The van der Waals surface area contributed by atoms with Gasteiger partial charge < -0.3 is 9.73 Å². The van der Waals surface area contributed by atoms with E-state index in [2.05, 4.69) is 10.3 Å². The zero-order chi connectivity index (χ0) is 14.7. The molecule has 2 heterocycles. The number of anilines is 1. The lowest BCUT2D eigenvalue weighted by Gasteiger charge is -2.06. The summed E-state index contributed by atoms with van der Waals surface area (Å²) < 4.78 is 18.7. The van der Waals surface area contributed by atoms with Crippen LogP contribution in [0.1, 0.15) is 5.76 Å². The Morgan fingerprint density at radius 2 is 2.14 bits per heavy atom. The van der Waals surface area contributed by atoms with Crippen molar-refractivity contribution in [1.82, 2.24) is 4.98 Å². The van der Waals surface area contributed by atoms with Gasteiger partial charge in [-0.2, -0.15) is 0 Å². The van der Waals surface area contributed by atoms with Crippen molar-refractivity contribution in [3.05, 3.63) is 66.5 Å². The zero-order valence-corrected chi connectivity index (χ0v) is 10.9. The number of aromatic nitrogens is 1. The minimum Gasteiger partial charge on any atom is -0.465 e. The molecule has 0 aliphatic carbocycles. The van der Waals surface area contributed by atoms with E-state index >= 15 is 0 Å². The van der Waals surface area contributed by atoms with Gasteiger partial charge in [0.05, 0.1) is 12.0 Å². The maximum atomic E-state index is 13.6. The van der Waals surface area contributed by atoms with Crippen LogP contribution in [0, 0.1) is 5.82 Å². The van der Waals surface area contributed by atoms with Crippen LogP contribution in [0.2, 0.25) is 0 Å². The quantitative estimate of drug-likeness (QED) is 0.746. The standard InChI is InChI=1S/C16H11FN2O2/c17-13-5-1-4-12-14(8-9-18-16(12)13)19-15(20)7-6-11-3-2-10-21-11/h1-10H,(H,18,19,20)/b7-6+. The highest BCUT2D eigenvalue weighted by Crippen LogP contribution is 2.23. The predicted molar refractivity (Wildman–Crippen MR) is 78.1 cm³/mol. The predicted octanol–water partition coefficient (Wildman–Crippen LogP) is 3.62. The number of furan rings is 1. The second-order valence-corrected chi connectivity index (χ2v) is 4.33. The van der Waals surface area contributed by atoms with Gasteiger partial charge in [-0.15, -0.1) is 0 Å². The van der Waals surface area contributed by atoms with Crippen molar-refractivity contribution in [3.63, 3.8) is 0 Å². The van der Waals surface area contributed by atoms with Gasteiger partial charge in [-0.25, -0.2) is 4.39 Å². The largest absolute Gasteiger partial charge is 0.465 e. The summed E-state index contributed by atoms with van der Waals surface area (Å²) >= 11 is 0. The first-order chi connectivity index (χ1) is 10.2. The van der Waals surface area contributed by atoms with Crippen LogP contribution < -0.4 is 5.32 Å². The molecule has 0 fully saturated rings. The highest BCUT2D eigenvalue weighted by molar-refractivity contribution is 6.06. The number of nitrogens with zero attached hydrogens (tertiary/aromatic N) is 1. The first-order valence-corrected chi connectivity index (χ1v) is 6.30. The van der Waals surface area contributed by atoms with E-state index in [0.717, 1.165) is 0 Å². The van der Waals surface area contributed by atoms with Gasteiger partial charge in [0.25, 0.3) is 0 Å². The fourth-order valence-electron chi connectivity index (χ4n) is 1.97. The van der Waals surface area contributed by atoms with Gasteiger partial charge in [0.15, 0.2) is 0 Å². The van der Waals surface area contributed by atoms with Crippen molar-refractivity contribution < 1.29 is 13.6 Å². The number of carbonyl (C=O) groups is 1. The third-order valence-corrected chi connectivity index (χ3v) is 2.92. The fourth-order valence-corrected chi connectivity index (χ4v) is 1.97. The maximum Gasteiger partial charge on any atom is 0.248 e. The fraction of sp³-hybridized carbons (Fsp3) is 0. The van der Waals surface area contributed by atoms with Gasteiger partial charge in [0.2, 0.25) is 5.91 Å². The summed E-state index contributed by atoms with van der Waals surface area (Å²) in [5.74, 6) is -0.173. The van der Waals surface area contributed by atoms with E-state index in [1.165, 1.54) is 24.6 Å². The van der Waals surface area contributed by atoms with E-state index in [4.69, 9.17) is 4.42 Å². The number of nitrogens with one attached hydrogen (secondary N) is 1. The molecule has 0 bridgehead atoms. The minimum atomic E-state index is -0.422. The molecule has 0 radical (unpaired) electrons. The minimum absolute atomic E-state index is 0.227. The molecule has 0 saturated heterocycles. The summed E-state index contributed by atoms with van der Waals surface area (Å²) in [5.41, 5.74) is 0.735. The lowest BCUT2D eigenvalue weighted by atomic mass is 10.2. The summed E-state index contributed by atoms with van der Waals surface area (Å²) in [6, 6.07) is 9.71. The Morgan fingerprint density at radius 1 is 1.24 bits per heavy atom. The van der Waals surface area contributed by atoms with Crippen molar-refractivity contribution in [2.75, 3.05) is 5.32 Å². The molecule has 21 heavy (non-hydrogen) atoms. The first-order valence-electron chi connectivity index (χ1n) is 6.30. The smallest absolute Gasteiger partial charge is 0.248 e. The number of amides is 1. The van der Waals surface area contributed by atoms with Crippen molar-refractivity contribution in [1.29, 1.82) is 0 Å². The molecular weight excluding hydrogens is 271 g/mol. The van der Waals surface area contributed by atoms with Crippen molar-refractivity contribution in [2.24, 2.45) is 0 Å². The molecule has 2 aromatic heterocycles. The van der Waals surface area contributed by atoms with Crippen LogP contribution in [-0.4, -0.2) is 10.9 Å². The molecule has 0 saturated carbocycles. The molecular formula is C16H11FN2O2. The summed E-state index contributed by atoms with van der Waals surface area (Å²) in [5, 5.41) is 3.25. The van der Waals surface area contributed by atoms with E-state index < -0.39 is 5.82 Å². The molecule has 3 aromatic rings. The van der Waals surface area contributed by atoms with Gasteiger partial charge >= 0.3 is 0 Å². The van der Waals surface area contributed by atoms with Crippen LogP contribution in [0.5, 0.6) is 0 Å². The second-order valence-electron chi connectivity index (χ2n) is 4.33. The van der Waals surface area contributed by atoms with Gasteiger partial charge in [-0.1, -0.05) is 12.1 Å². The molecule has 5 heteroatoms. The normalized spacial score (nSPS) is 11.1. The van der Waals surface area contributed by atoms with Crippen molar-refractivity contribution in [2.45, 2.75) is 0 Å². The Balaban J connectivity index is 1.85. The van der Waals surface area contributed by atoms with Crippen molar-refractivity contribution in [3.8, 4) is 0 Å². The van der Waals surface area contributed by atoms with E-state index in [0.29, 0.717) is 16.8 Å². The van der Waals surface area contributed by atoms with Crippen LogP contribution in [0.3, 0.4) is 0 Å². The molecule has 4 nitrogen and oxygen atoms in total. The number of rotatable bonds is 3. The third-order valence-electron chi connectivity index (χ3n) is 2.92. The lowest BCUT2D eigenvalue weighted by molar-refractivity contribution is -0.111. The average molecular weight is 282 g/mol. The second kappa shape index (κ2) is 5.58. The van der Waals surface area contributed by atoms with Crippen LogP contribution in [0.25, 0.3) is 17.0 Å². The number of para-hydroxylation sites is 1. The molecule has 1 amide bonds. The molecule has 0 unspecified atom stereocenters. The molecule has 1 N–H and O–H groups in total. The number of hydrogen-bond donors (Lipinski definition) is 1. The molecule has 3 rings (SSSR count). The lowest BCUT2D eigenvalue weighted by Crippen LogP contribution is -2.08.